The second-order valence-corrected chi connectivity index (χ2v) is 7.49. The molecule has 1 aromatic rings. The lowest BCUT2D eigenvalue weighted by Gasteiger charge is -2.18. The summed E-state index contributed by atoms with van der Waals surface area (Å²) in [5, 5.41) is 0. The summed E-state index contributed by atoms with van der Waals surface area (Å²) >= 11 is 6.74. The van der Waals surface area contributed by atoms with Gasteiger partial charge in [-0.2, -0.15) is 0 Å². The van der Waals surface area contributed by atoms with Crippen LogP contribution >= 0.6 is 24.0 Å². The number of amides is 1. The Morgan fingerprint density at radius 1 is 1.46 bits per heavy atom. The summed E-state index contributed by atoms with van der Waals surface area (Å²) in [6.07, 6.45) is 4.96. The summed E-state index contributed by atoms with van der Waals surface area (Å²) in [5.41, 5.74) is 0.906. The smallest absolute Gasteiger partial charge is 0.266 e. The molecule has 6 heteroatoms. The fourth-order valence-corrected chi connectivity index (χ4v) is 4.00. The van der Waals surface area contributed by atoms with Gasteiger partial charge in [0.25, 0.3) is 5.91 Å². The van der Waals surface area contributed by atoms with Crippen LogP contribution in [0.5, 0.6) is 5.75 Å². The first-order chi connectivity index (χ1) is 11.7. The number of hydrogen-bond acceptors (Lipinski definition) is 5. The van der Waals surface area contributed by atoms with Gasteiger partial charge >= 0.3 is 0 Å². The molecule has 0 radical (unpaired) electrons. The summed E-state index contributed by atoms with van der Waals surface area (Å²) in [4.78, 5) is 15.0. The first-order valence-corrected chi connectivity index (χ1v) is 9.50. The van der Waals surface area contributed by atoms with Crippen LogP contribution in [-0.2, 0) is 9.53 Å². The van der Waals surface area contributed by atoms with Crippen LogP contribution in [0.4, 0.5) is 0 Å². The molecule has 24 heavy (non-hydrogen) atoms. The zero-order chi connectivity index (χ0) is 16.9. The van der Waals surface area contributed by atoms with Crippen LogP contribution in [0.25, 0.3) is 6.08 Å². The molecule has 2 aliphatic heterocycles. The van der Waals surface area contributed by atoms with E-state index >= 15 is 0 Å². The lowest BCUT2D eigenvalue weighted by atomic mass is 10.2. The van der Waals surface area contributed by atoms with Gasteiger partial charge < -0.3 is 9.47 Å². The highest BCUT2D eigenvalue weighted by atomic mass is 32.2. The maximum Gasteiger partial charge on any atom is 0.266 e. The third-order valence-corrected chi connectivity index (χ3v) is 5.33. The van der Waals surface area contributed by atoms with Crippen molar-refractivity contribution in [1.29, 1.82) is 0 Å². The van der Waals surface area contributed by atoms with Crippen LogP contribution in [0.1, 0.15) is 31.7 Å². The molecule has 0 saturated carbocycles. The lowest BCUT2D eigenvalue weighted by Crippen LogP contribution is -2.35. The molecule has 1 atom stereocenters. The molecule has 2 heterocycles. The van der Waals surface area contributed by atoms with E-state index in [1.54, 1.807) is 4.90 Å². The third kappa shape index (κ3) is 3.99. The van der Waals surface area contributed by atoms with Gasteiger partial charge in [-0.1, -0.05) is 49.1 Å². The van der Waals surface area contributed by atoms with Gasteiger partial charge in [0, 0.05) is 12.2 Å². The second kappa shape index (κ2) is 8.14. The first-order valence-electron chi connectivity index (χ1n) is 8.28. The number of para-hydroxylation sites is 1. The zero-order valence-corrected chi connectivity index (χ0v) is 15.3. The van der Waals surface area contributed by atoms with E-state index < -0.39 is 0 Å². The molecule has 2 fully saturated rings. The molecule has 0 aliphatic carbocycles. The highest BCUT2D eigenvalue weighted by Crippen LogP contribution is 2.35. The van der Waals surface area contributed by atoms with Crippen LogP contribution in [0.3, 0.4) is 0 Å². The van der Waals surface area contributed by atoms with Crippen molar-refractivity contribution in [2.45, 2.75) is 32.3 Å². The number of nitrogens with zero attached hydrogens (tertiary/aromatic N) is 1. The minimum Gasteiger partial charge on any atom is -0.493 e. The van der Waals surface area contributed by atoms with Crippen LogP contribution < -0.4 is 4.74 Å². The van der Waals surface area contributed by atoms with Crippen molar-refractivity contribution >= 4 is 40.3 Å². The van der Waals surface area contributed by atoms with Crippen LogP contribution in [0.2, 0.25) is 0 Å². The monoisotopic (exact) mass is 363 g/mol. The Morgan fingerprint density at radius 3 is 3.04 bits per heavy atom. The van der Waals surface area contributed by atoms with E-state index in [4.69, 9.17) is 21.7 Å². The van der Waals surface area contributed by atoms with Crippen LogP contribution in [0.15, 0.2) is 29.2 Å². The number of hydrogen-bond donors (Lipinski definition) is 0. The molecular weight excluding hydrogens is 342 g/mol. The van der Waals surface area contributed by atoms with E-state index in [0.717, 1.165) is 37.2 Å². The van der Waals surface area contributed by atoms with Crippen molar-refractivity contribution in [3.63, 3.8) is 0 Å². The van der Waals surface area contributed by atoms with Gasteiger partial charge in [0.15, 0.2) is 0 Å². The number of benzene rings is 1. The topological polar surface area (TPSA) is 38.8 Å². The normalized spacial score (nSPS) is 22.6. The van der Waals surface area contributed by atoms with E-state index in [-0.39, 0.29) is 12.0 Å². The standard InChI is InChI=1S/C18H21NO3S2/c1-2-9-22-15-8-4-3-6-13(15)11-16-17(20)19(18(23)24-16)12-14-7-5-10-21-14/h3-4,6,8,11,14H,2,5,7,9-10,12H2,1H3. The Hall–Kier alpha value is -1.37. The van der Waals surface area contributed by atoms with Crippen molar-refractivity contribution in [2.24, 2.45) is 0 Å². The average Bonchev–Trinajstić information content (AvgIpc) is 3.18. The highest BCUT2D eigenvalue weighted by molar-refractivity contribution is 8.26. The SMILES string of the molecule is CCCOc1ccccc1C=C1SC(=S)N(CC2CCCO2)C1=O. The van der Waals surface area contributed by atoms with Crippen molar-refractivity contribution in [2.75, 3.05) is 19.8 Å². The van der Waals surface area contributed by atoms with E-state index in [1.165, 1.54) is 11.8 Å². The van der Waals surface area contributed by atoms with Gasteiger partial charge in [0.1, 0.15) is 10.1 Å². The van der Waals surface area contributed by atoms with Gasteiger partial charge in [-0.15, -0.1) is 0 Å². The second-order valence-electron chi connectivity index (χ2n) is 5.81. The molecule has 1 amide bonds. The minimum atomic E-state index is -0.0363. The quantitative estimate of drug-likeness (QED) is 0.567. The molecular formula is C18H21NO3S2. The maximum atomic E-state index is 12.7. The largest absolute Gasteiger partial charge is 0.493 e. The Morgan fingerprint density at radius 2 is 2.29 bits per heavy atom. The number of carbonyl (C=O) groups is 1. The maximum absolute atomic E-state index is 12.7. The Bertz CT molecular complexity index is 653. The zero-order valence-electron chi connectivity index (χ0n) is 13.7. The summed E-state index contributed by atoms with van der Waals surface area (Å²) in [6.45, 7) is 4.05. The van der Waals surface area contributed by atoms with Crippen molar-refractivity contribution in [3.05, 3.63) is 34.7 Å². The van der Waals surface area contributed by atoms with E-state index in [1.807, 2.05) is 30.3 Å². The summed E-state index contributed by atoms with van der Waals surface area (Å²) in [7, 11) is 0. The van der Waals surface area contributed by atoms with Gasteiger partial charge in [-0.05, 0) is 31.4 Å². The van der Waals surface area contributed by atoms with E-state index in [2.05, 4.69) is 6.92 Å². The molecule has 2 saturated heterocycles. The molecule has 2 aliphatic rings. The minimum absolute atomic E-state index is 0.0363. The predicted octanol–water partition coefficient (Wildman–Crippen LogP) is 3.86. The average molecular weight is 364 g/mol. The van der Waals surface area contributed by atoms with E-state index in [9.17, 15) is 4.79 Å². The van der Waals surface area contributed by atoms with Crippen molar-refractivity contribution < 1.29 is 14.3 Å². The predicted molar refractivity (Wildman–Crippen MR) is 101 cm³/mol. The summed E-state index contributed by atoms with van der Waals surface area (Å²) < 4.78 is 12.0. The third-order valence-electron chi connectivity index (χ3n) is 3.95. The number of carbonyl (C=O) groups excluding carboxylic acids is 1. The Labute approximate surface area is 152 Å². The molecule has 1 aromatic carbocycles. The molecule has 0 bridgehead atoms. The van der Waals surface area contributed by atoms with E-state index in [0.29, 0.717) is 22.4 Å². The number of thioether (sulfide) groups is 1. The molecule has 1 unspecified atom stereocenters. The van der Waals surface area contributed by atoms with Gasteiger partial charge in [-0.3, -0.25) is 9.69 Å². The van der Waals surface area contributed by atoms with Crippen LogP contribution in [-0.4, -0.2) is 41.0 Å². The lowest BCUT2D eigenvalue weighted by molar-refractivity contribution is -0.123. The fourth-order valence-electron chi connectivity index (χ4n) is 2.73. The van der Waals surface area contributed by atoms with Crippen molar-refractivity contribution in [1.82, 2.24) is 4.90 Å². The fraction of sp³-hybridized carbons (Fsp3) is 0.444. The van der Waals surface area contributed by atoms with Gasteiger partial charge in [0.05, 0.1) is 24.2 Å². The molecule has 0 aromatic heterocycles. The highest BCUT2D eigenvalue weighted by Gasteiger charge is 2.34. The summed E-state index contributed by atoms with van der Waals surface area (Å²) in [5.74, 6) is 0.759. The molecule has 128 valence electrons. The molecule has 0 spiro atoms. The Balaban J connectivity index is 1.76. The Kier molecular flexibility index (Phi) is 5.92. The molecule has 4 nitrogen and oxygen atoms in total. The summed E-state index contributed by atoms with van der Waals surface area (Å²) in [6, 6.07) is 7.76. The number of rotatable bonds is 6. The van der Waals surface area contributed by atoms with Crippen molar-refractivity contribution in [3.8, 4) is 5.75 Å². The molecule has 0 N–H and O–H groups in total. The number of thiocarbonyl (C=S) groups is 1. The number of ether oxygens (including phenoxy) is 2. The molecule has 3 rings (SSSR count). The van der Waals surface area contributed by atoms with Gasteiger partial charge in [0.2, 0.25) is 0 Å². The van der Waals surface area contributed by atoms with Crippen LogP contribution in [0, 0.1) is 0 Å². The first kappa shape index (κ1) is 17.5. The van der Waals surface area contributed by atoms with Gasteiger partial charge in [-0.25, -0.2) is 0 Å².